The third-order valence-corrected chi connectivity index (χ3v) is 4.17. The Kier molecular flexibility index (Phi) is 3.04. The van der Waals surface area contributed by atoms with E-state index < -0.39 is 5.85 Å². The first-order valence-corrected chi connectivity index (χ1v) is 7.07. The van der Waals surface area contributed by atoms with Crippen LogP contribution in [0.5, 0.6) is 0 Å². The number of hydrogen-bond donors (Lipinski definition) is 0. The molecule has 0 atom stereocenters. The van der Waals surface area contributed by atoms with Crippen LogP contribution < -0.4 is 5.30 Å². The Morgan fingerprint density at radius 1 is 1.27 bits per heavy atom. The molecular formula is C6H4BrCl2OP. The zero-order valence-corrected chi connectivity index (χ0v) is 9.29. The van der Waals surface area contributed by atoms with Crippen molar-refractivity contribution in [1.29, 1.82) is 0 Å². The second-order valence-electron chi connectivity index (χ2n) is 1.91. The fraction of sp³-hybridized carbons (Fsp3) is 0. The zero-order chi connectivity index (χ0) is 8.48. The summed E-state index contributed by atoms with van der Waals surface area (Å²) in [5.74, 6) is -3.16. The van der Waals surface area contributed by atoms with Gasteiger partial charge in [-0.3, -0.25) is 4.57 Å². The van der Waals surface area contributed by atoms with Crippen LogP contribution in [0, 0.1) is 0 Å². The molecule has 0 unspecified atom stereocenters. The van der Waals surface area contributed by atoms with Gasteiger partial charge in [-0.2, -0.15) is 0 Å². The van der Waals surface area contributed by atoms with Crippen LogP contribution in [0.1, 0.15) is 0 Å². The van der Waals surface area contributed by atoms with E-state index in [0.29, 0.717) is 9.78 Å². The molecular weight excluding hydrogens is 270 g/mol. The van der Waals surface area contributed by atoms with Crippen LogP contribution in [-0.2, 0) is 4.57 Å². The van der Waals surface area contributed by atoms with Crippen LogP contribution in [-0.4, -0.2) is 0 Å². The Morgan fingerprint density at radius 3 is 2.18 bits per heavy atom. The molecule has 0 aromatic heterocycles. The number of hydrogen-bond acceptors (Lipinski definition) is 1. The quantitative estimate of drug-likeness (QED) is 0.713. The van der Waals surface area contributed by atoms with Crippen LogP contribution in [0.4, 0.5) is 0 Å². The summed E-state index contributed by atoms with van der Waals surface area (Å²) in [5, 5.41) is 0.448. The fourth-order valence-electron chi connectivity index (χ4n) is 0.663. The van der Waals surface area contributed by atoms with E-state index in [9.17, 15) is 4.57 Å². The largest absolute Gasteiger partial charge is 0.284 e. The van der Waals surface area contributed by atoms with Crippen molar-refractivity contribution >= 4 is 49.6 Å². The maximum absolute atomic E-state index is 11.1. The summed E-state index contributed by atoms with van der Waals surface area (Å²) in [6.07, 6.45) is 0. The third-order valence-electron chi connectivity index (χ3n) is 1.13. The zero-order valence-electron chi connectivity index (χ0n) is 5.30. The highest BCUT2D eigenvalue weighted by molar-refractivity contribution is 9.10. The molecule has 1 rings (SSSR count). The van der Waals surface area contributed by atoms with Crippen molar-refractivity contribution in [3.05, 3.63) is 28.7 Å². The second-order valence-corrected chi connectivity index (χ2v) is 7.55. The molecule has 0 fully saturated rings. The molecule has 0 aliphatic carbocycles. The van der Waals surface area contributed by atoms with E-state index in [4.69, 9.17) is 22.5 Å². The number of halogens is 3. The van der Waals surface area contributed by atoms with Crippen LogP contribution >= 0.6 is 44.3 Å². The maximum Gasteiger partial charge on any atom is 0.283 e. The van der Waals surface area contributed by atoms with Gasteiger partial charge in [0.15, 0.2) is 0 Å². The SMILES string of the molecule is O=P(Cl)(Cl)c1ccccc1Br. The van der Waals surface area contributed by atoms with Gasteiger partial charge in [0.1, 0.15) is 0 Å². The molecule has 0 aliphatic heterocycles. The van der Waals surface area contributed by atoms with Gasteiger partial charge in [0, 0.05) is 4.47 Å². The van der Waals surface area contributed by atoms with E-state index in [1.165, 1.54) is 0 Å². The highest BCUT2D eigenvalue weighted by Crippen LogP contribution is 2.56. The van der Waals surface area contributed by atoms with E-state index >= 15 is 0 Å². The lowest BCUT2D eigenvalue weighted by Gasteiger charge is -2.02. The molecule has 0 N–H and O–H groups in total. The van der Waals surface area contributed by atoms with Gasteiger partial charge in [-0.1, -0.05) is 12.1 Å². The van der Waals surface area contributed by atoms with E-state index in [2.05, 4.69) is 15.9 Å². The van der Waals surface area contributed by atoms with Gasteiger partial charge in [-0.05, 0) is 50.5 Å². The van der Waals surface area contributed by atoms with Crippen molar-refractivity contribution in [2.45, 2.75) is 0 Å². The number of benzene rings is 1. The Morgan fingerprint density at radius 2 is 1.82 bits per heavy atom. The Labute approximate surface area is 82.8 Å². The molecule has 11 heavy (non-hydrogen) atoms. The van der Waals surface area contributed by atoms with Gasteiger partial charge in [0.25, 0.3) is 5.85 Å². The fourth-order valence-corrected chi connectivity index (χ4v) is 3.78. The van der Waals surface area contributed by atoms with Crippen LogP contribution in [0.25, 0.3) is 0 Å². The van der Waals surface area contributed by atoms with Gasteiger partial charge in [-0.25, -0.2) is 0 Å². The van der Waals surface area contributed by atoms with Gasteiger partial charge in [0.2, 0.25) is 0 Å². The Balaban J connectivity index is 3.25. The standard InChI is InChI=1S/C6H4BrCl2OP/c7-5-3-1-2-4-6(5)11(8,9)10/h1-4H. The van der Waals surface area contributed by atoms with Crippen molar-refractivity contribution in [2.24, 2.45) is 0 Å². The van der Waals surface area contributed by atoms with Gasteiger partial charge in [-0.15, -0.1) is 0 Å². The molecule has 0 aliphatic rings. The summed E-state index contributed by atoms with van der Waals surface area (Å²) in [5.41, 5.74) is 0. The first kappa shape index (κ1) is 9.60. The summed E-state index contributed by atoms with van der Waals surface area (Å²) in [7, 11) is 0. The summed E-state index contributed by atoms with van der Waals surface area (Å²) < 4.78 is 11.8. The van der Waals surface area contributed by atoms with Crippen LogP contribution in [0.3, 0.4) is 0 Å². The molecule has 60 valence electrons. The van der Waals surface area contributed by atoms with Crippen molar-refractivity contribution < 1.29 is 4.57 Å². The summed E-state index contributed by atoms with van der Waals surface area (Å²) in [6, 6.07) is 6.91. The first-order chi connectivity index (χ1) is 5.02. The molecule has 5 heteroatoms. The summed E-state index contributed by atoms with van der Waals surface area (Å²) in [4.78, 5) is 0. The van der Waals surface area contributed by atoms with Crippen molar-refractivity contribution in [2.75, 3.05) is 0 Å². The molecule has 0 spiro atoms. The molecule has 0 saturated carbocycles. The van der Waals surface area contributed by atoms with Gasteiger partial charge in [0.05, 0.1) is 5.30 Å². The van der Waals surface area contributed by atoms with E-state index in [0.717, 1.165) is 0 Å². The smallest absolute Gasteiger partial charge is 0.283 e. The molecule has 1 nitrogen and oxygen atoms in total. The first-order valence-electron chi connectivity index (χ1n) is 2.76. The molecule has 0 amide bonds. The Hall–Kier alpha value is 0.510. The third kappa shape index (κ3) is 2.48. The lowest BCUT2D eigenvalue weighted by Crippen LogP contribution is -1.97. The predicted molar refractivity (Wildman–Crippen MR) is 53.1 cm³/mol. The highest BCUT2D eigenvalue weighted by atomic mass is 79.9. The monoisotopic (exact) mass is 272 g/mol. The van der Waals surface area contributed by atoms with Crippen molar-refractivity contribution in [1.82, 2.24) is 0 Å². The van der Waals surface area contributed by atoms with Crippen molar-refractivity contribution in [3.8, 4) is 0 Å². The van der Waals surface area contributed by atoms with E-state index in [-0.39, 0.29) is 0 Å². The molecule has 1 aromatic rings. The molecule has 1 aromatic carbocycles. The van der Waals surface area contributed by atoms with E-state index in [1.54, 1.807) is 24.3 Å². The maximum atomic E-state index is 11.1. The number of rotatable bonds is 1. The topological polar surface area (TPSA) is 17.1 Å². The summed E-state index contributed by atoms with van der Waals surface area (Å²) >= 11 is 14.1. The van der Waals surface area contributed by atoms with E-state index in [1.807, 2.05) is 0 Å². The average Bonchev–Trinajstić information content (AvgIpc) is 1.86. The minimum Gasteiger partial charge on any atom is -0.284 e. The van der Waals surface area contributed by atoms with Crippen molar-refractivity contribution in [3.63, 3.8) is 0 Å². The average molecular weight is 274 g/mol. The molecule has 0 saturated heterocycles. The summed E-state index contributed by atoms with van der Waals surface area (Å²) in [6.45, 7) is 0. The lowest BCUT2D eigenvalue weighted by atomic mass is 10.4. The molecule has 0 heterocycles. The normalized spacial score (nSPS) is 11.5. The highest BCUT2D eigenvalue weighted by Gasteiger charge is 2.19. The predicted octanol–water partition coefficient (Wildman–Crippen LogP) is 3.75. The van der Waals surface area contributed by atoms with Gasteiger partial charge >= 0.3 is 0 Å². The minimum atomic E-state index is -3.16. The van der Waals surface area contributed by atoms with Gasteiger partial charge < -0.3 is 0 Å². The Bertz CT molecular complexity index is 309. The molecule has 0 bridgehead atoms. The minimum absolute atomic E-state index is 0.448. The molecule has 0 radical (unpaired) electrons. The van der Waals surface area contributed by atoms with Crippen LogP contribution in [0.15, 0.2) is 28.7 Å². The second kappa shape index (κ2) is 3.49. The van der Waals surface area contributed by atoms with Crippen LogP contribution in [0.2, 0.25) is 0 Å². The lowest BCUT2D eigenvalue weighted by molar-refractivity contribution is 0.597.